The van der Waals surface area contributed by atoms with Crippen molar-refractivity contribution in [2.45, 2.75) is 40.8 Å². The van der Waals surface area contributed by atoms with Crippen LogP contribution in [0.15, 0.2) is 85.0 Å². The fraction of sp³-hybridized carbons (Fsp3) is 0.167. The molecule has 0 heterocycles. The normalized spacial score (nSPS) is 23.0. The molecule has 0 bridgehead atoms. The second-order valence-corrected chi connectivity index (χ2v) is 15.4. The average Bonchev–Trinajstić information content (AvgIpc) is 3.41. The van der Waals surface area contributed by atoms with E-state index >= 15 is 0 Å². The van der Waals surface area contributed by atoms with Gasteiger partial charge in [-0.1, -0.05) is 112 Å². The maximum atomic E-state index is 2.55. The average molecular weight is 495 g/mol. The first-order valence-electron chi connectivity index (χ1n) is 13.3. The van der Waals surface area contributed by atoms with Crippen LogP contribution in [0.1, 0.15) is 36.1 Å². The van der Waals surface area contributed by atoms with Crippen molar-refractivity contribution >= 4 is 19.2 Å². The van der Waals surface area contributed by atoms with E-state index in [0.717, 1.165) is 0 Å². The van der Waals surface area contributed by atoms with Gasteiger partial charge in [0, 0.05) is 23.7 Å². The zero-order chi connectivity index (χ0) is 25.9. The number of rotatable bonds is 4. The van der Waals surface area contributed by atoms with E-state index < -0.39 is 8.07 Å². The molecule has 0 nitrogen and oxygen atoms in total. The van der Waals surface area contributed by atoms with Gasteiger partial charge >= 0.3 is 0 Å². The molecule has 4 aliphatic rings. The van der Waals surface area contributed by atoms with E-state index in [1.807, 2.05) is 0 Å². The number of hydrogen-bond donors (Lipinski definition) is 0. The first kappa shape index (κ1) is 24.9. The third-order valence-electron chi connectivity index (χ3n) is 8.38. The highest BCUT2D eigenvalue weighted by atomic mass is 28.3. The van der Waals surface area contributed by atoms with Crippen LogP contribution in [0, 0.1) is 73.3 Å². The summed E-state index contributed by atoms with van der Waals surface area (Å²) in [5, 5.41) is 0. The summed E-state index contributed by atoms with van der Waals surface area (Å²) in [6, 6.07) is 17.5. The summed E-state index contributed by atoms with van der Waals surface area (Å²) < 4.78 is 0. The summed E-state index contributed by atoms with van der Waals surface area (Å²) in [6.07, 6.45) is 18.7. The van der Waals surface area contributed by atoms with E-state index in [2.05, 4.69) is 139 Å². The minimum absolute atomic E-state index is 1.33. The maximum absolute atomic E-state index is 2.55. The lowest BCUT2D eigenvalue weighted by Gasteiger charge is -2.44. The van der Waals surface area contributed by atoms with Gasteiger partial charge in [-0.2, -0.15) is 0 Å². The highest BCUT2D eigenvalue weighted by molar-refractivity contribution is 6.90. The van der Waals surface area contributed by atoms with Gasteiger partial charge in [0.25, 0.3) is 0 Å². The lowest BCUT2D eigenvalue weighted by Crippen LogP contribution is -2.48. The van der Waals surface area contributed by atoms with Crippen LogP contribution in [-0.2, 0) is 0 Å². The van der Waals surface area contributed by atoms with E-state index in [9.17, 15) is 0 Å². The van der Waals surface area contributed by atoms with Crippen molar-refractivity contribution in [2.75, 3.05) is 0 Å². The van der Waals surface area contributed by atoms with Crippen molar-refractivity contribution < 1.29 is 0 Å². The molecule has 182 valence electrons. The molecule has 0 atom stereocenters. The van der Waals surface area contributed by atoms with E-state index in [1.54, 1.807) is 11.1 Å². The first-order valence-corrected chi connectivity index (χ1v) is 16.3. The highest BCUT2D eigenvalue weighted by Gasteiger charge is 2.59. The fourth-order valence-corrected chi connectivity index (χ4v) is 11.0. The van der Waals surface area contributed by atoms with Crippen molar-refractivity contribution in [1.82, 2.24) is 0 Å². The van der Waals surface area contributed by atoms with Gasteiger partial charge in [-0.3, -0.25) is 0 Å². The summed E-state index contributed by atoms with van der Waals surface area (Å²) in [7, 11) is -2.04. The molecule has 1 heteroatoms. The molecule has 0 saturated heterocycles. The Morgan fingerprint density at radius 1 is 0.514 bits per heavy atom. The van der Waals surface area contributed by atoms with Crippen LogP contribution in [0.2, 0.25) is 13.1 Å². The molecule has 0 amide bonds. The Bertz CT molecular complexity index is 1200. The Labute approximate surface area is 226 Å². The number of hydrogen-bond acceptors (Lipinski definition) is 0. The number of benzene rings is 2. The lowest BCUT2D eigenvalue weighted by molar-refractivity contribution is 1.07. The zero-order valence-corrected chi connectivity index (χ0v) is 23.7. The summed E-state index contributed by atoms with van der Waals surface area (Å²) in [5.74, 6) is 8.49. The van der Waals surface area contributed by atoms with Crippen molar-refractivity contribution in [3.05, 3.63) is 167 Å². The largest absolute Gasteiger partial charge is 0.0761 e. The van der Waals surface area contributed by atoms with Gasteiger partial charge in [0.15, 0.2) is 0 Å². The number of fused-ring (bicyclic) bond motifs is 2. The van der Waals surface area contributed by atoms with Crippen molar-refractivity contribution in [1.29, 1.82) is 0 Å². The topological polar surface area (TPSA) is 0 Å². The van der Waals surface area contributed by atoms with Crippen LogP contribution in [0.25, 0.3) is 11.1 Å². The van der Waals surface area contributed by atoms with Crippen LogP contribution in [0.4, 0.5) is 0 Å². The van der Waals surface area contributed by atoms with Crippen molar-refractivity contribution in [3.63, 3.8) is 0 Å². The molecule has 0 aromatic heterocycles. The highest BCUT2D eigenvalue weighted by Crippen LogP contribution is 2.64. The number of allylic oxidation sites excluding steroid dienone is 8. The summed E-state index contributed by atoms with van der Waals surface area (Å²) in [4.78, 5) is 0. The number of aryl methyl sites for hydroxylation is 2. The SMILES string of the molecule is C[C]1[CH][C]2[C](C=CC=C2c2ccccc2C)[C]1[Si](C)(C)[C]1[C](C)[CH][C]2[C]1C=CC=C2c1ccccc1C. The quantitative estimate of drug-likeness (QED) is 0.373. The molecule has 2 saturated carbocycles. The van der Waals surface area contributed by atoms with E-state index in [0.29, 0.717) is 0 Å². The predicted molar refractivity (Wildman–Crippen MR) is 160 cm³/mol. The Balaban J connectivity index is 1.32. The van der Waals surface area contributed by atoms with Crippen LogP contribution in [-0.4, -0.2) is 8.07 Å². The van der Waals surface area contributed by atoms with Gasteiger partial charge in [-0.05, 0) is 83.0 Å². The van der Waals surface area contributed by atoms with Gasteiger partial charge < -0.3 is 0 Å². The van der Waals surface area contributed by atoms with Crippen LogP contribution in [0.3, 0.4) is 0 Å². The Kier molecular flexibility index (Phi) is 6.35. The molecular formula is C36H34Si. The predicted octanol–water partition coefficient (Wildman–Crippen LogP) is 8.77. The minimum atomic E-state index is -2.04. The van der Waals surface area contributed by atoms with Gasteiger partial charge in [0.05, 0.1) is 8.07 Å². The molecule has 37 heavy (non-hydrogen) atoms. The van der Waals surface area contributed by atoms with Gasteiger partial charge in [0.2, 0.25) is 0 Å². The van der Waals surface area contributed by atoms with Crippen molar-refractivity contribution in [2.24, 2.45) is 0 Å². The first-order chi connectivity index (χ1) is 17.8. The fourth-order valence-electron chi connectivity index (χ4n) is 6.88. The maximum Gasteiger partial charge on any atom is 0.0642 e. The van der Waals surface area contributed by atoms with Crippen LogP contribution >= 0.6 is 0 Å². The molecule has 0 spiro atoms. The van der Waals surface area contributed by atoms with E-state index in [1.165, 1.54) is 68.9 Å². The van der Waals surface area contributed by atoms with Crippen molar-refractivity contribution in [3.8, 4) is 0 Å². The molecule has 4 aliphatic carbocycles. The molecule has 0 N–H and O–H groups in total. The molecule has 0 aliphatic heterocycles. The summed E-state index contributed by atoms with van der Waals surface area (Å²) >= 11 is 0. The summed E-state index contributed by atoms with van der Waals surface area (Å²) in [5.41, 5.74) is 11.2. The van der Waals surface area contributed by atoms with E-state index in [-0.39, 0.29) is 0 Å². The molecular weight excluding hydrogens is 460 g/mol. The van der Waals surface area contributed by atoms with E-state index in [4.69, 9.17) is 0 Å². The second kappa shape index (κ2) is 9.42. The lowest BCUT2D eigenvalue weighted by atomic mass is 9.80. The molecule has 10 radical (unpaired) electrons. The minimum Gasteiger partial charge on any atom is -0.0761 e. The third kappa shape index (κ3) is 4.00. The molecule has 6 rings (SSSR count). The third-order valence-corrected chi connectivity index (χ3v) is 12.2. The van der Waals surface area contributed by atoms with Gasteiger partial charge in [0.1, 0.15) is 0 Å². The monoisotopic (exact) mass is 494 g/mol. The second-order valence-electron chi connectivity index (χ2n) is 11.2. The zero-order valence-electron chi connectivity index (χ0n) is 22.7. The standard InChI is InChI=1S/C36H34Si/c1-23-13-7-9-15-27(23)29-17-11-19-31-33(29)21-25(3)35(31)37(5,6)36-26(4)22-34-30(18-12-20-32(34)36)28-16-10-8-14-24(28)2/h7-22H,1-6H3. The Morgan fingerprint density at radius 2 is 0.919 bits per heavy atom. The molecule has 2 aromatic rings. The summed E-state index contributed by atoms with van der Waals surface area (Å²) in [6.45, 7) is 14.2. The smallest absolute Gasteiger partial charge is 0.0642 e. The Morgan fingerprint density at radius 3 is 1.32 bits per heavy atom. The van der Waals surface area contributed by atoms with Crippen LogP contribution in [0.5, 0.6) is 0 Å². The van der Waals surface area contributed by atoms with Crippen LogP contribution < -0.4 is 0 Å². The van der Waals surface area contributed by atoms with Gasteiger partial charge in [-0.25, -0.2) is 0 Å². The molecule has 0 unspecified atom stereocenters. The van der Waals surface area contributed by atoms with Gasteiger partial charge in [-0.15, -0.1) is 0 Å². The molecule has 2 fully saturated rings. The Hall–Kier alpha value is -2.38. The molecule has 2 aromatic carbocycles.